The van der Waals surface area contributed by atoms with Gasteiger partial charge in [0.2, 0.25) is 0 Å². The molecule has 1 unspecified atom stereocenters. The van der Waals surface area contributed by atoms with Crippen LogP contribution in [-0.2, 0) is 4.74 Å². The van der Waals surface area contributed by atoms with Gasteiger partial charge in [0.25, 0.3) is 5.91 Å². The number of rotatable bonds is 2. The molecule has 1 amide bonds. The van der Waals surface area contributed by atoms with Crippen LogP contribution in [0.3, 0.4) is 0 Å². The van der Waals surface area contributed by atoms with Crippen LogP contribution in [0.5, 0.6) is 0 Å². The standard InChI is InChI=1S/C15H14BrNO3/c16-12-5-2-1-4-11(12)14-10-17(7-9-20-14)15(18)13-6-3-8-19-13/h1-6,8,14H,7,9-10H2. The van der Waals surface area contributed by atoms with Gasteiger partial charge in [0.05, 0.1) is 19.4 Å². The molecule has 5 heteroatoms. The fourth-order valence-electron chi connectivity index (χ4n) is 2.31. The number of ether oxygens (including phenoxy) is 1. The molecule has 2 aromatic rings. The van der Waals surface area contributed by atoms with E-state index in [-0.39, 0.29) is 12.0 Å². The first kappa shape index (κ1) is 13.4. The SMILES string of the molecule is O=C(c1ccco1)N1CCOC(c2ccccc2Br)C1. The third kappa shape index (κ3) is 2.64. The molecule has 0 saturated carbocycles. The Hall–Kier alpha value is -1.59. The minimum absolute atomic E-state index is 0.0876. The third-order valence-corrected chi connectivity index (χ3v) is 4.06. The van der Waals surface area contributed by atoms with E-state index in [4.69, 9.17) is 9.15 Å². The Morgan fingerprint density at radius 2 is 2.10 bits per heavy atom. The number of furan rings is 1. The molecule has 1 aromatic heterocycles. The first-order valence-electron chi connectivity index (χ1n) is 6.44. The molecule has 1 aromatic carbocycles. The highest BCUT2D eigenvalue weighted by molar-refractivity contribution is 9.10. The number of benzene rings is 1. The van der Waals surface area contributed by atoms with Crippen LogP contribution in [0.4, 0.5) is 0 Å². The molecular weight excluding hydrogens is 322 g/mol. The van der Waals surface area contributed by atoms with Crippen LogP contribution in [0.2, 0.25) is 0 Å². The van der Waals surface area contributed by atoms with Crippen molar-refractivity contribution < 1.29 is 13.9 Å². The van der Waals surface area contributed by atoms with Gasteiger partial charge < -0.3 is 14.1 Å². The van der Waals surface area contributed by atoms with E-state index >= 15 is 0 Å². The zero-order valence-electron chi connectivity index (χ0n) is 10.8. The molecule has 1 saturated heterocycles. The van der Waals surface area contributed by atoms with E-state index < -0.39 is 0 Å². The van der Waals surface area contributed by atoms with E-state index in [0.717, 1.165) is 10.0 Å². The minimum atomic E-state index is -0.113. The van der Waals surface area contributed by atoms with Crippen molar-refractivity contribution in [3.63, 3.8) is 0 Å². The molecule has 1 aliphatic rings. The fraction of sp³-hybridized carbons (Fsp3) is 0.267. The quantitative estimate of drug-likeness (QED) is 0.845. The second-order valence-corrected chi connectivity index (χ2v) is 5.46. The number of hydrogen-bond donors (Lipinski definition) is 0. The predicted octanol–water partition coefficient (Wildman–Crippen LogP) is 3.26. The molecule has 0 aliphatic carbocycles. The molecule has 0 spiro atoms. The van der Waals surface area contributed by atoms with Crippen molar-refractivity contribution in [2.24, 2.45) is 0 Å². The van der Waals surface area contributed by atoms with Gasteiger partial charge in [-0.3, -0.25) is 4.79 Å². The summed E-state index contributed by atoms with van der Waals surface area (Å²) in [6.07, 6.45) is 1.40. The molecule has 1 atom stereocenters. The summed E-state index contributed by atoms with van der Waals surface area (Å²) in [5.74, 6) is 0.285. The van der Waals surface area contributed by atoms with E-state index in [1.807, 2.05) is 24.3 Å². The molecule has 4 nitrogen and oxygen atoms in total. The summed E-state index contributed by atoms with van der Waals surface area (Å²) in [5, 5.41) is 0. The largest absolute Gasteiger partial charge is 0.459 e. The average Bonchev–Trinajstić information content (AvgIpc) is 3.01. The molecule has 1 aliphatic heterocycles. The zero-order chi connectivity index (χ0) is 13.9. The number of nitrogens with zero attached hydrogens (tertiary/aromatic N) is 1. The van der Waals surface area contributed by atoms with Crippen LogP contribution in [-0.4, -0.2) is 30.5 Å². The molecule has 2 heterocycles. The Balaban J connectivity index is 1.77. The van der Waals surface area contributed by atoms with Gasteiger partial charge in [-0.25, -0.2) is 0 Å². The van der Waals surface area contributed by atoms with Gasteiger partial charge in [-0.2, -0.15) is 0 Å². The molecule has 1 fully saturated rings. The minimum Gasteiger partial charge on any atom is -0.459 e. The van der Waals surface area contributed by atoms with E-state index in [9.17, 15) is 4.79 Å². The van der Waals surface area contributed by atoms with E-state index in [1.165, 1.54) is 6.26 Å². The molecule has 0 radical (unpaired) electrons. The van der Waals surface area contributed by atoms with Crippen LogP contribution >= 0.6 is 15.9 Å². The van der Waals surface area contributed by atoms with E-state index in [0.29, 0.717) is 25.5 Å². The lowest BCUT2D eigenvalue weighted by molar-refractivity contribution is -0.0240. The number of halogens is 1. The number of amides is 1. The lowest BCUT2D eigenvalue weighted by Gasteiger charge is -2.33. The normalized spacial score (nSPS) is 19.1. The smallest absolute Gasteiger partial charge is 0.289 e. The van der Waals surface area contributed by atoms with Gasteiger partial charge in [0.15, 0.2) is 5.76 Å². The summed E-state index contributed by atoms with van der Waals surface area (Å²) in [7, 11) is 0. The summed E-state index contributed by atoms with van der Waals surface area (Å²) >= 11 is 3.53. The fourth-order valence-corrected chi connectivity index (χ4v) is 2.85. The zero-order valence-corrected chi connectivity index (χ0v) is 12.4. The Bertz CT molecular complexity index is 597. The molecule has 20 heavy (non-hydrogen) atoms. The van der Waals surface area contributed by atoms with E-state index in [2.05, 4.69) is 15.9 Å². The number of carbonyl (C=O) groups excluding carboxylic acids is 1. The van der Waals surface area contributed by atoms with Gasteiger partial charge in [-0.05, 0) is 23.8 Å². The van der Waals surface area contributed by atoms with Crippen molar-refractivity contribution in [2.75, 3.05) is 19.7 Å². The third-order valence-electron chi connectivity index (χ3n) is 3.34. The second kappa shape index (κ2) is 5.81. The van der Waals surface area contributed by atoms with Crippen molar-refractivity contribution in [2.45, 2.75) is 6.10 Å². The van der Waals surface area contributed by atoms with Gasteiger partial charge >= 0.3 is 0 Å². The Morgan fingerprint density at radius 3 is 2.85 bits per heavy atom. The van der Waals surface area contributed by atoms with Gasteiger partial charge in [0, 0.05) is 11.0 Å². The average molecular weight is 336 g/mol. The van der Waals surface area contributed by atoms with Gasteiger partial charge in [0.1, 0.15) is 6.10 Å². The molecule has 0 bridgehead atoms. The van der Waals surface area contributed by atoms with Crippen LogP contribution in [0.15, 0.2) is 51.6 Å². The van der Waals surface area contributed by atoms with Crippen molar-refractivity contribution in [3.8, 4) is 0 Å². The van der Waals surface area contributed by atoms with Crippen LogP contribution in [0.25, 0.3) is 0 Å². The predicted molar refractivity (Wildman–Crippen MR) is 77.4 cm³/mol. The monoisotopic (exact) mass is 335 g/mol. The van der Waals surface area contributed by atoms with Gasteiger partial charge in [-0.15, -0.1) is 0 Å². The van der Waals surface area contributed by atoms with Crippen LogP contribution < -0.4 is 0 Å². The molecule has 3 rings (SSSR count). The highest BCUT2D eigenvalue weighted by Crippen LogP contribution is 2.29. The first-order valence-corrected chi connectivity index (χ1v) is 7.24. The second-order valence-electron chi connectivity index (χ2n) is 4.61. The highest BCUT2D eigenvalue weighted by atomic mass is 79.9. The van der Waals surface area contributed by atoms with Crippen molar-refractivity contribution >= 4 is 21.8 Å². The summed E-state index contributed by atoms with van der Waals surface area (Å²) in [5.41, 5.74) is 1.06. The summed E-state index contributed by atoms with van der Waals surface area (Å²) in [6.45, 7) is 1.64. The molecular formula is C15H14BrNO3. The highest BCUT2D eigenvalue weighted by Gasteiger charge is 2.28. The molecule has 104 valence electrons. The summed E-state index contributed by atoms with van der Waals surface area (Å²) in [6, 6.07) is 11.3. The topological polar surface area (TPSA) is 42.7 Å². The lowest BCUT2D eigenvalue weighted by Crippen LogP contribution is -2.42. The Labute approximate surface area is 125 Å². The molecule has 0 N–H and O–H groups in total. The Kier molecular flexibility index (Phi) is 3.89. The van der Waals surface area contributed by atoms with Gasteiger partial charge in [-0.1, -0.05) is 34.1 Å². The maximum absolute atomic E-state index is 12.3. The number of morpholine rings is 1. The Morgan fingerprint density at radius 1 is 1.25 bits per heavy atom. The van der Waals surface area contributed by atoms with E-state index in [1.54, 1.807) is 17.0 Å². The van der Waals surface area contributed by atoms with Crippen molar-refractivity contribution in [1.29, 1.82) is 0 Å². The summed E-state index contributed by atoms with van der Waals surface area (Å²) < 4.78 is 12.0. The summed E-state index contributed by atoms with van der Waals surface area (Å²) in [4.78, 5) is 14.1. The van der Waals surface area contributed by atoms with Crippen molar-refractivity contribution in [3.05, 3.63) is 58.5 Å². The number of carbonyl (C=O) groups is 1. The maximum Gasteiger partial charge on any atom is 0.289 e. The van der Waals surface area contributed by atoms with Crippen molar-refractivity contribution in [1.82, 2.24) is 4.90 Å². The number of hydrogen-bond acceptors (Lipinski definition) is 3. The van der Waals surface area contributed by atoms with Crippen LogP contribution in [0.1, 0.15) is 22.2 Å². The first-order chi connectivity index (χ1) is 9.75. The van der Waals surface area contributed by atoms with Crippen LogP contribution in [0, 0.1) is 0 Å². The maximum atomic E-state index is 12.3. The lowest BCUT2D eigenvalue weighted by atomic mass is 10.1.